The molecule has 1 aliphatic rings. The van der Waals surface area contributed by atoms with Gasteiger partial charge in [0.25, 0.3) is 0 Å². The number of nitrogens with one attached hydrogen (secondary N) is 1. The lowest BCUT2D eigenvalue weighted by atomic mass is 10.0. The van der Waals surface area contributed by atoms with Gasteiger partial charge in [-0.15, -0.1) is 0 Å². The molecule has 0 bridgehead atoms. The fourth-order valence-corrected chi connectivity index (χ4v) is 3.77. The summed E-state index contributed by atoms with van der Waals surface area (Å²) in [7, 11) is 0. The Morgan fingerprint density at radius 2 is 1.72 bits per heavy atom. The zero-order valence-electron chi connectivity index (χ0n) is 10.5. The van der Waals surface area contributed by atoms with E-state index >= 15 is 0 Å². The van der Waals surface area contributed by atoms with Gasteiger partial charge in [0.15, 0.2) is 0 Å². The van der Waals surface area contributed by atoms with Crippen LogP contribution in [-0.4, -0.2) is 4.87 Å². The summed E-state index contributed by atoms with van der Waals surface area (Å²) in [4.78, 5) is 1.49. The predicted octanol–water partition coefficient (Wildman–Crippen LogP) is 4.55. The van der Waals surface area contributed by atoms with E-state index < -0.39 is 0 Å². The Labute approximate surface area is 113 Å². The van der Waals surface area contributed by atoms with Gasteiger partial charge < -0.3 is 5.32 Å². The second-order valence-corrected chi connectivity index (χ2v) is 6.16. The minimum Gasteiger partial charge on any atom is -0.369 e. The predicted molar refractivity (Wildman–Crippen MR) is 79.1 cm³/mol. The molecule has 0 aliphatic carbocycles. The van der Waals surface area contributed by atoms with E-state index in [1.807, 2.05) is 11.8 Å². The largest absolute Gasteiger partial charge is 0.369 e. The summed E-state index contributed by atoms with van der Waals surface area (Å²) in [5.74, 6) is 0. The summed E-state index contributed by atoms with van der Waals surface area (Å²) >= 11 is 1.97. The quantitative estimate of drug-likeness (QED) is 0.863. The molecule has 1 N–H and O–H groups in total. The van der Waals surface area contributed by atoms with Gasteiger partial charge in [-0.2, -0.15) is 0 Å². The van der Waals surface area contributed by atoms with Crippen molar-refractivity contribution >= 4 is 17.4 Å². The number of rotatable bonds is 3. The SMILES string of the molecule is CCC1(Cc2ccccc2)Nc2ccccc2S1. The van der Waals surface area contributed by atoms with Crippen LogP contribution in [0.3, 0.4) is 0 Å². The minimum absolute atomic E-state index is 0.116. The van der Waals surface area contributed by atoms with E-state index in [1.165, 1.54) is 16.1 Å². The van der Waals surface area contributed by atoms with Crippen molar-refractivity contribution in [1.29, 1.82) is 0 Å². The maximum Gasteiger partial charge on any atom is 0.0918 e. The average Bonchev–Trinajstić information content (AvgIpc) is 2.78. The fourth-order valence-electron chi connectivity index (χ4n) is 2.43. The van der Waals surface area contributed by atoms with Crippen LogP contribution < -0.4 is 5.32 Å². The van der Waals surface area contributed by atoms with Crippen LogP contribution in [0, 0.1) is 0 Å². The van der Waals surface area contributed by atoms with Crippen molar-refractivity contribution in [2.75, 3.05) is 5.32 Å². The molecule has 2 aromatic rings. The summed E-state index contributed by atoms with van der Waals surface area (Å²) < 4.78 is 0. The molecule has 0 fully saturated rings. The van der Waals surface area contributed by atoms with E-state index in [0.29, 0.717) is 0 Å². The van der Waals surface area contributed by atoms with Crippen molar-refractivity contribution in [1.82, 2.24) is 0 Å². The summed E-state index contributed by atoms with van der Waals surface area (Å²) in [6, 6.07) is 19.3. The molecule has 18 heavy (non-hydrogen) atoms. The molecule has 1 aliphatic heterocycles. The zero-order valence-corrected chi connectivity index (χ0v) is 11.3. The van der Waals surface area contributed by atoms with Gasteiger partial charge in [-0.25, -0.2) is 0 Å². The van der Waals surface area contributed by atoms with Crippen LogP contribution in [0.1, 0.15) is 18.9 Å². The van der Waals surface area contributed by atoms with E-state index in [1.54, 1.807) is 0 Å². The first-order valence-electron chi connectivity index (χ1n) is 6.41. The van der Waals surface area contributed by atoms with E-state index in [9.17, 15) is 0 Å². The Balaban J connectivity index is 1.86. The van der Waals surface area contributed by atoms with Gasteiger partial charge in [0.05, 0.1) is 4.87 Å². The van der Waals surface area contributed by atoms with Crippen LogP contribution in [-0.2, 0) is 6.42 Å². The highest BCUT2D eigenvalue weighted by atomic mass is 32.2. The van der Waals surface area contributed by atoms with Crippen LogP contribution in [0.25, 0.3) is 0 Å². The van der Waals surface area contributed by atoms with Gasteiger partial charge in [-0.05, 0) is 24.1 Å². The van der Waals surface area contributed by atoms with Gasteiger partial charge in [-0.1, -0.05) is 61.2 Å². The topological polar surface area (TPSA) is 12.0 Å². The van der Waals surface area contributed by atoms with Crippen LogP contribution >= 0.6 is 11.8 Å². The van der Waals surface area contributed by atoms with Gasteiger partial charge in [0.1, 0.15) is 0 Å². The lowest BCUT2D eigenvalue weighted by Gasteiger charge is -2.28. The molecule has 0 spiro atoms. The molecule has 0 aromatic heterocycles. The molecule has 1 atom stereocenters. The van der Waals surface area contributed by atoms with Crippen molar-refractivity contribution < 1.29 is 0 Å². The molecule has 0 saturated carbocycles. The lowest BCUT2D eigenvalue weighted by molar-refractivity contribution is 0.640. The first kappa shape index (κ1) is 11.7. The first-order valence-corrected chi connectivity index (χ1v) is 7.23. The van der Waals surface area contributed by atoms with E-state index in [4.69, 9.17) is 0 Å². The third-order valence-electron chi connectivity index (χ3n) is 3.46. The van der Waals surface area contributed by atoms with Crippen molar-refractivity contribution in [3.8, 4) is 0 Å². The molecule has 2 heteroatoms. The Kier molecular flexibility index (Phi) is 3.04. The van der Waals surface area contributed by atoms with Crippen LogP contribution in [0.5, 0.6) is 0 Å². The first-order chi connectivity index (χ1) is 8.81. The van der Waals surface area contributed by atoms with Gasteiger partial charge in [-0.3, -0.25) is 0 Å². The highest BCUT2D eigenvalue weighted by Gasteiger charge is 2.35. The van der Waals surface area contributed by atoms with Gasteiger partial charge in [0, 0.05) is 17.0 Å². The highest BCUT2D eigenvalue weighted by molar-refractivity contribution is 8.01. The molecular formula is C16H17NS. The lowest BCUT2D eigenvalue weighted by Crippen LogP contribution is -2.32. The standard InChI is InChI=1S/C16H17NS/c1-2-16(12-13-8-4-3-5-9-13)17-14-10-6-7-11-15(14)18-16/h3-11,17H,2,12H2,1H3. The van der Waals surface area contributed by atoms with Crippen LogP contribution in [0.15, 0.2) is 59.5 Å². The molecule has 1 unspecified atom stereocenters. The third-order valence-corrected chi connectivity index (χ3v) is 4.96. The number of hydrogen-bond donors (Lipinski definition) is 1. The second kappa shape index (κ2) is 4.69. The Morgan fingerprint density at radius 3 is 2.44 bits per heavy atom. The molecule has 2 aromatic carbocycles. The molecule has 0 saturated heterocycles. The maximum atomic E-state index is 3.71. The number of para-hydroxylation sites is 1. The summed E-state index contributed by atoms with van der Waals surface area (Å²) in [6.45, 7) is 2.26. The molecular weight excluding hydrogens is 238 g/mol. The van der Waals surface area contributed by atoms with Crippen molar-refractivity contribution in [2.24, 2.45) is 0 Å². The maximum absolute atomic E-state index is 3.71. The smallest absolute Gasteiger partial charge is 0.0918 e. The molecule has 0 amide bonds. The normalized spacial score (nSPS) is 21.4. The van der Waals surface area contributed by atoms with Crippen molar-refractivity contribution in [2.45, 2.75) is 29.5 Å². The summed E-state index contributed by atoms with van der Waals surface area (Å²) in [6.07, 6.45) is 2.17. The van der Waals surface area contributed by atoms with Gasteiger partial charge >= 0.3 is 0 Å². The van der Waals surface area contributed by atoms with Crippen molar-refractivity contribution in [3.63, 3.8) is 0 Å². The molecule has 1 heterocycles. The number of thioether (sulfide) groups is 1. The fraction of sp³-hybridized carbons (Fsp3) is 0.250. The monoisotopic (exact) mass is 255 g/mol. The van der Waals surface area contributed by atoms with Crippen molar-refractivity contribution in [3.05, 3.63) is 60.2 Å². The van der Waals surface area contributed by atoms with E-state index in [0.717, 1.165) is 12.8 Å². The molecule has 3 rings (SSSR count). The summed E-state index contributed by atoms with van der Waals surface area (Å²) in [5.41, 5.74) is 2.67. The van der Waals surface area contributed by atoms with Crippen LogP contribution in [0.4, 0.5) is 5.69 Å². The second-order valence-electron chi connectivity index (χ2n) is 4.73. The average molecular weight is 255 g/mol. The minimum atomic E-state index is 0.116. The number of hydrogen-bond acceptors (Lipinski definition) is 2. The molecule has 0 radical (unpaired) electrons. The third kappa shape index (κ3) is 2.13. The molecule has 1 nitrogen and oxygen atoms in total. The van der Waals surface area contributed by atoms with E-state index in [-0.39, 0.29) is 4.87 Å². The number of anilines is 1. The molecule has 92 valence electrons. The van der Waals surface area contributed by atoms with E-state index in [2.05, 4.69) is 66.8 Å². The highest BCUT2D eigenvalue weighted by Crippen LogP contribution is 2.48. The summed E-state index contributed by atoms with van der Waals surface area (Å²) in [5, 5.41) is 3.71. The number of benzene rings is 2. The Bertz CT molecular complexity index is 511. The number of fused-ring (bicyclic) bond motifs is 1. The Morgan fingerprint density at radius 1 is 1.00 bits per heavy atom. The van der Waals surface area contributed by atoms with Gasteiger partial charge in [0.2, 0.25) is 0 Å². The Hall–Kier alpha value is -1.41. The zero-order chi connectivity index (χ0) is 12.4. The van der Waals surface area contributed by atoms with Crippen LogP contribution in [0.2, 0.25) is 0 Å².